The second-order valence-electron chi connectivity index (χ2n) is 7.79. The molecular weight excluding hydrogens is 350 g/mol. The Bertz CT molecular complexity index is 992. The molecule has 1 aromatic carbocycles. The van der Waals surface area contributed by atoms with E-state index in [1.807, 2.05) is 6.07 Å². The van der Waals surface area contributed by atoms with Crippen molar-refractivity contribution in [1.29, 1.82) is 0 Å². The number of rotatable bonds is 5. The van der Waals surface area contributed by atoms with Crippen molar-refractivity contribution in [3.63, 3.8) is 0 Å². The van der Waals surface area contributed by atoms with Crippen LogP contribution >= 0.6 is 0 Å². The van der Waals surface area contributed by atoms with E-state index in [9.17, 15) is 0 Å². The molecule has 1 atom stereocenters. The summed E-state index contributed by atoms with van der Waals surface area (Å²) in [4.78, 5) is 11.2. The minimum atomic E-state index is 0.272. The number of aromatic amines is 1. The highest BCUT2D eigenvalue weighted by molar-refractivity contribution is 5.60. The molecule has 1 aliphatic heterocycles. The van der Waals surface area contributed by atoms with Gasteiger partial charge in [-0.2, -0.15) is 15.1 Å². The van der Waals surface area contributed by atoms with Crippen molar-refractivity contribution in [3.8, 4) is 0 Å². The van der Waals surface area contributed by atoms with Gasteiger partial charge in [-0.3, -0.25) is 5.10 Å². The van der Waals surface area contributed by atoms with Crippen molar-refractivity contribution in [2.75, 3.05) is 22.5 Å². The van der Waals surface area contributed by atoms with Gasteiger partial charge < -0.3 is 16.0 Å². The zero-order valence-corrected chi connectivity index (χ0v) is 16.0. The van der Waals surface area contributed by atoms with Crippen LogP contribution in [0.15, 0.2) is 36.4 Å². The third-order valence-corrected chi connectivity index (χ3v) is 5.70. The molecule has 1 saturated heterocycles. The smallest absolute Gasteiger partial charge is 0.223 e. The Labute approximate surface area is 164 Å². The third kappa shape index (κ3) is 3.28. The van der Waals surface area contributed by atoms with E-state index in [2.05, 4.69) is 67.6 Å². The van der Waals surface area contributed by atoms with E-state index in [1.54, 1.807) is 0 Å². The SMILES string of the molecule is Cc1ccccc1C1CCCN1c1cc(Nc2cc(C3CC3)[nH]n2)nc(N)n1. The molecule has 3 heterocycles. The molecule has 144 valence electrons. The van der Waals surface area contributed by atoms with E-state index in [0.29, 0.717) is 17.8 Å². The second kappa shape index (κ2) is 6.82. The molecule has 0 bridgehead atoms. The van der Waals surface area contributed by atoms with Crippen LogP contribution in [0.2, 0.25) is 0 Å². The number of nitrogens with zero attached hydrogens (tertiary/aromatic N) is 4. The lowest BCUT2D eigenvalue weighted by Gasteiger charge is -2.27. The Hall–Kier alpha value is -3.09. The molecular formula is C21H25N7. The summed E-state index contributed by atoms with van der Waals surface area (Å²) in [5, 5.41) is 10.7. The summed E-state index contributed by atoms with van der Waals surface area (Å²) in [5.41, 5.74) is 9.89. The van der Waals surface area contributed by atoms with Crippen LogP contribution in [0.5, 0.6) is 0 Å². The first-order valence-electron chi connectivity index (χ1n) is 9.96. The van der Waals surface area contributed by atoms with Crippen LogP contribution in [0.25, 0.3) is 0 Å². The quantitative estimate of drug-likeness (QED) is 0.622. The van der Waals surface area contributed by atoms with Gasteiger partial charge >= 0.3 is 0 Å². The molecule has 0 amide bonds. The average Bonchev–Trinajstić information content (AvgIpc) is 3.23. The Morgan fingerprint density at radius 3 is 2.79 bits per heavy atom. The van der Waals surface area contributed by atoms with Crippen molar-refractivity contribution in [3.05, 3.63) is 53.2 Å². The first-order chi connectivity index (χ1) is 13.7. The van der Waals surface area contributed by atoms with Gasteiger partial charge in [0.05, 0.1) is 6.04 Å². The van der Waals surface area contributed by atoms with Crippen LogP contribution in [0.3, 0.4) is 0 Å². The number of benzene rings is 1. The van der Waals surface area contributed by atoms with Crippen LogP contribution < -0.4 is 16.0 Å². The standard InChI is InChI=1S/C21H25N7/c1-13-5-2-3-6-15(13)17-7-4-10-28(17)20-12-18(24-21(22)25-20)23-19-11-16(26-27-19)14-8-9-14/h2-3,5-6,11-12,14,17H,4,7-10H2,1H3,(H4,22,23,24,25,26,27). The predicted molar refractivity (Wildman–Crippen MR) is 111 cm³/mol. The van der Waals surface area contributed by atoms with Crippen LogP contribution in [0.1, 0.15) is 54.5 Å². The van der Waals surface area contributed by atoms with Gasteiger partial charge in [-0.15, -0.1) is 0 Å². The fourth-order valence-electron chi connectivity index (χ4n) is 4.12. The second-order valence-corrected chi connectivity index (χ2v) is 7.79. The van der Waals surface area contributed by atoms with Crippen LogP contribution in [-0.4, -0.2) is 26.7 Å². The molecule has 28 heavy (non-hydrogen) atoms. The largest absolute Gasteiger partial charge is 0.368 e. The van der Waals surface area contributed by atoms with Gasteiger partial charge in [0.15, 0.2) is 5.82 Å². The molecule has 1 saturated carbocycles. The molecule has 4 N–H and O–H groups in total. The summed E-state index contributed by atoms with van der Waals surface area (Å²) < 4.78 is 0. The average molecular weight is 375 g/mol. The molecule has 3 aromatic rings. The first kappa shape index (κ1) is 17.0. The number of nitrogen functional groups attached to an aromatic ring is 1. The Morgan fingerprint density at radius 2 is 1.96 bits per heavy atom. The molecule has 7 heteroatoms. The van der Waals surface area contributed by atoms with E-state index in [1.165, 1.54) is 29.7 Å². The summed E-state index contributed by atoms with van der Waals surface area (Å²) in [5.74, 6) is 3.20. The molecule has 2 aromatic heterocycles. The van der Waals surface area contributed by atoms with Gasteiger partial charge in [-0.25, -0.2) is 0 Å². The number of hydrogen-bond donors (Lipinski definition) is 3. The van der Waals surface area contributed by atoms with Gasteiger partial charge in [0, 0.05) is 30.3 Å². The highest BCUT2D eigenvalue weighted by Gasteiger charge is 2.29. The van der Waals surface area contributed by atoms with Gasteiger partial charge in [0.1, 0.15) is 11.6 Å². The summed E-state index contributed by atoms with van der Waals surface area (Å²) in [6.07, 6.45) is 4.72. The summed E-state index contributed by atoms with van der Waals surface area (Å²) in [6, 6.07) is 12.9. The van der Waals surface area contributed by atoms with E-state index < -0.39 is 0 Å². The lowest BCUT2D eigenvalue weighted by molar-refractivity contribution is 0.706. The van der Waals surface area contributed by atoms with Gasteiger partial charge in [-0.1, -0.05) is 24.3 Å². The van der Waals surface area contributed by atoms with Crippen molar-refractivity contribution in [2.24, 2.45) is 0 Å². The van der Waals surface area contributed by atoms with Crippen molar-refractivity contribution in [1.82, 2.24) is 20.2 Å². The number of H-pyrrole nitrogens is 1. The van der Waals surface area contributed by atoms with Crippen molar-refractivity contribution in [2.45, 2.75) is 44.6 Å². The Kier molecular flexibility index (Phi) is 4.15. The van der Waals surface area contributed by atoms with Crippen LogP contribution in [0, 0.1) is 6.92 Å². The number of aromatic nitrogens is 4. The lowest BCUT2D eigenvalue weighted by atomic mass is 9.99. The number of hydrogen-bond acceptors (Lipinski definition) is 6. The molecule has 0 spiro atoms. The number of nitrogens with two attached hydrogens (primary N) is 1. The summed E-state index contributed by atoms with van der Waals surface area (Å²) >= 11 is 0. The maximum absolute atomic E-state index is 6.04. The normalized spacial score (nSPS) is 19.2. The number of aryl methyl sites for hydroxylation is 1. The van der Waals surface area contributed by atoms with Crippen molar-refractivity contribution < 1.29 is 0 Å². The van der Waals surface area contributed by atoms with Gasteiger partial charge in [0.25, 0.3) is 0 Å². The molecule has 7 nitrogen and oxygen atoms in total. The minimum absolute atomic E-state index is 0.272. The van der Waals surface area contributed by atoms with Crippen LogP contribution in [-0.2, 0) is 0 Å². The van der Waals surface area contributed by atoms with Crippen LogP contribution in [0.4, 0.5) is 23.4 Å². The first-order valence-corrected chi connectivity index (χ1v) is 9.96. The number of anilines is 4. The Morgan fingerprint density at radius 1 is 1.11 bits per heavy atom. The fourth-order valence-corrected chi connectivity index (χ4v) is 4.12. The molecule has 2 aliphatic rings. The molecule has 1 aliphatic carbocycles. The topological polar surface area (TPSA) is 95.8 Å². The predicted octanol–water partition coefficient (Wildman–Crippen LogP) is 4.05. The van der Waals surface area contributed by atoms with E-state index in [-0.39, 0.29) is 5.95 Å². The minimum Gasteiger partial charge on any atom is -0.368 e. The zero-order valence-electron chi connectivity index (χ0n) is 16.0. The van der Waals surface area contributed by atoms with E-state index in [4.69, 9.17) is 5.73 Å². The van der Waals surface area contributed by atoms with E-state index in [0.717, 1.165) is 31.0 Å². The molecule has 2 fully saturated rings. The monoisotopic (exact) mass is 375 g/mol. The number of nitrogens with one attached hydrogen (secondary N) is 2. The maximum atomic E-state index is 6.04. The maximum Gasteiger partial charge on any atom is 0.223 e. The highest BCUT2D eigenvalue weighted by Crippen LogP contribution is 2.40. The summed E-state index contributed by atoms with van der Waals surface area (Å²) in [7, 11) is 0. The molecule has 5 rings (SSSR count). The molecule has 1 unspecified atom stereocenters. The van der Waals surface area contributed by atoms with Crippen molar-refractivity contribution >= 4 is 23.4 Å². The van der Waals surface area contributed by atoms with E-state index >= 15 is 0 Å². The fraction of sp³-hybridized carbons (Fsp3) is 0.381. The van der Waals surface area contributed by atoms with Gasteiger partial charge in [0.2, 0.25) is 5.95 Å². The summed E-state index contributed by atoms with van der Waals surface area (Å²) in [6.45, 7) is 3.13. The third-order valence-electron chi connectivity index (χ3n) is 5.70. The lowest BCUT2D eigenvalue weighted by Crippen LogP contribution is -2.24. The van der Waals surface area contributed by atoms with Gasteiger partial charge in [-0.05, 0) is 43.7 Å². The molecule has 0 radical (unpaired) electrons. The highest BCUT2D eigenvalue weighted by atomic mass is 15.3. The Balaban J connectivity index is 1.42. The zero-order chi connectivity index (χ0) is 19.1.